The second kappa shape index (κ2) is 6.88. The molecule has 2 unspecified atom stereocenters. The van der Waals surface area contributed by atoms with Gasteiger partial charge in [0.05, 0.1) is 6.10 Å². The average Bonchev–Trinajstić information content (AvgIpc) is 2.61. The Hall–Kier alpha value is -0.900. The van der Waals surface area contributed by atoms with E-state index in [0.29, 0.717) is 12.1 Å². The van der Waals surface area contributed by atoms with Crippen LogP contribution >= 0.6 is 0 Å². The maximum absolute atomic E-state index is 5.69. The first kappa shape index (κ1) is 13.5. The predicted molar refractivity (Wildman–Crippen MR) is 74.7 cm³/mol. The number of benzene rings is 1. The quantitative estimate of drug-likeness (QED) is 0.882. The van der Waals surface area contributed by atoms with Crippen LogP contribution in [-0.4, -0.2) is 44.3 Å². The third-order valence-corrected chi connectivity index (χ3v) is 3.53. The summed E-state index contributed by atoms with van der Waals surface area (Å²) in [6.07, 6.45) is 1.48. The first-order valence-electron chi connectivity index (χ1n) is 6.85. The molecule has 2 rings (SSSR count). The Morgan fingerprint density at radius 3 is 2.89 bits per heavy atom. The van der Waals surface area contributed by atoms with Gasteiger partial charge in [-0.05, 0) is 26.0 Å². The van der Waals surface area contributed by atoms with Gasteiger partial charge < -0.3 is 10.1 Å². The van der Waals surface area contributed by atoms with Gasteiger partial charge in [0.15, 0.2) is 0 Å². The lowest BCUT2D eigenvalue weighted by Crippen LogP contribution is -2.37. The van der Waals surface area contributed by atoms with Gasteiger partial charge in [-0.3, -0.25) is 4.90 Å². The molecule has 0 saturated carbocycles. The number of likely N-dealkylation sites (N-methyl/N-ethyl adjacent to an activating group) is 1. The Morgan fingerprint density at radius 2 is 2.17 bits per heavy atom. The molecule has 2 atom stereocenters. The van der Waals surface area contributed by atoms with Crippen LogP contribution in [0.1, 0.15) is 24.9 Å². The molecule has 0 aliphatic carbocycles. The Morgan fingerprint density at radius 1 is 1.39 bits per heavy atom. The smallest absolute Gasteiger partial charge is 0.0673 e. The lowest BCUT2D eigenvalue weighted by atomic mass is 10.1. The second-order valence-electron chi connectivity index (χ2n) is 5.05. The van der Waals surface area contributed by atoms with E-state index in [2.05, 4.69) is 47.5 Å². The number of nitrogens with one attached hydrogen (secondary N) is 1. The summed E-state index contributed by atoms with van der Waals surface area (Å²) in [6.45, 7) is 6.27. The van der Waals surface area contributed by atoms with Crippen LogP contribution in [0, 0.1) is 0 Å². The first-order valence-corrected chi connectivity index (χ1v) is 6.85. The third-order valence-electron chi connectivity index (χ3n) is 3.53. The van der Waals surface area contributed by atoms with Crippen molar-refractivity contribution in [1.82, 2.24) is 10.2 Å². The number of ether oxygens (including phenoxy) is 1. The predicted octanol–water partition coefficient (Wildman–Crippen LogP) is 2.06. The van der Waals surface area contributed by atoms with Crippen LogP contribution in [0.25, 0.3) is 0 Å². The van der Waals surface area contributed by atoms with Crippen LogP contribution in [0.15, 0.2) is 30.3 Å². The molecule has 3 heteroatoms. The second-order valence-corrected chi connectivity index (χ2v) is 5.05. The highest BCUT2D eigenvalue weighted by atomic mass is 16.5. The highest BCUT2D eigenvalue weighted by molar-refractivity contribution is 5.19. The molecule has 0 amide bonds. The summed E-state index contributed by atoms with van der Waals surface area (Å²) in [5, 5.41) is 3.42. The lowest BCUT2D eigenvalue weighted by molar-refractivity contribution is 0.0665. The number of hydrogen-bond acceptors (Lipinski definition) is 3. The lowest BCUT2D eigenvalue weighted by Gasteiger charge is -2.27. The molecule has 1 N–H and O–H groups in total. The maximum atomic E-state index is 5.69. The van der Waals surface area contributed by atoms with Crippen molar-refractivity contribution in [2.24, 2.45) is 0 Å². The van der Waals surface area contributed by atoms with Crippen LogP contribution < -0.4 is 5.32 Å². The zero-order valence-corrected chi connectivity index (χ0v) is 11.4. The van der Waals surface area contributed by atoms with Crippen molar-refractivity contribution in [1.29, 1.82) is 0 Å². The van der Waals surface area contributed by atoms with Crippen molar-refractivity contribution < 1.29 is 4.74 Å². The summed E-state index contributed by atoms with van der Waals surface area (Å²) in [6, 6.07) is 11.1. The molecule has 1 fully saturated rings. The van der Waals surface area contributed by atoms with Gasteiger partial charge in [-0.25, -0.2) is 0 Å². The molecule has 100 valence electrons. The highest BCUT2D eigenvalue weighted by Gasteiger charge is 2.18. The minimum Gasteiger partial charge on any atom is -0.377 e. The number of hydrogen-bond donors (Lipinski definition) is 1. The van der Waals surface area contributed by atoms with Gasteiger partial charge in [-0.1, -0.05) is 30.3 Å². The van der Waals surface area contributed by atoms with E-state index in [1.54, 1.807) is 0 Å². The van der Waals surface area contributed by atoms with Crippen molar-refractivity contribution in [3.8, 4) is 0 Å². The highest BCUT2D eigenvalue weighted by Crippen LogP contribution is 2.15. The van der Waals surface area contributed by atoms with Crippen LogP contribution in [0.4, 0.5) is 0 Å². The summed E-state index contributed by atoms with van der Waals surface area (Å²) in [4.78, 5) is 2.51. The zero-order valence-electron chi connectivity index (χ0n) is 11.4. The molecule has 1 aromatic rings. The summed E-state index contributed by atoms with van der Waals surface area (Å²) in [5.41, 5.74) is 1.36. The topological polar surface area (TPSA) is 24.5 Å². The standard InChI is InChI=1S/C15H24N2O/c1-13-11-17(9-6-10-18-13)12-15(16-2)14-7-4-3-5-8-14/h3-5,7-8,13,15-16H,6,9-12H2,1-2H3. The fraction of sp³-hybridized carbons (Fsp3) is 0.600. The molecule has 3 nitrogen and oxygen atoms in total. The summed E-state index contributed by atoms with van der Waals surface area (Å²) >= 11 is 0. The van der Waals surface area contributed by atoms with Crippen LogP contribution in [0.5, 0.6) is 0 Å². The molecule has 0 aromatic heterocycles. The van der Waals surface area contributed by atoms with E-state index >= 15 is 0 Å². The molecule has 0 spiro atoms. The molecular formula is C15H24N2O. The molecule has 0 radical (unpaired) electrons. The molecule has 1 aliphatic heterocycles. The van der Waals surface area contributed by atoms with E-state index < -0.39 is 0 Å². The maximum Gasteiger partial charge on any atom is 0.0673 e. The van der Waals surface area contributed by atoms with Gasteiger partial charge in [-0.2, -0.15) is 0 Å². The van der Waals surface area contributed by atoms with E-state index in [9.17, 15) is 0 Å². The molecule has 1 saturated heterocycles. The third kappa shape index (κ3) is 3.80. The largest absolute Gasteiger partial charge is 0.377 e. The molecule has 1 aromatic carbocycles. The fourth-order valence-electron chi connectivity index (χ4n) is 2.55. The van der Waals surface area contributed by atoms with Gasteiger partial charge in [0.2, 0.25) is 0 Å². The molecule has 1 heterocycles. The van der Waals surface area contributed by atoms with Crippen molar-refractivity contribution in [3.05, 3.63) is 35.9 Å². The molecule has 18 heavy (non-hydrogen) atoms. The van der Waals surface area contributed by atoms with E-state index in [0.717, 1.165) is 32.7 Å². The van der Waals surface area contributed by atoms with E-state index in [-0.39, 0.29) is 0 Å². The summed E-state index contributed by atoms with van der Waals surface area (Å²) in [7, 11) is 2.04. The Kier molecular flexibility index (Phi) is 5.17. The van der Waals surface area contributed by atoms with Crippen molar-refractivity contribution in [3.63, 3.8) is 0 Å². The van der Waals surface area contributed by atoms with E-state index in [1.807, 2.05) is 7.05 Å². The molecular weight excluding hydrogens is 224 g/mol. The minimum atomic E-state index is 0.348. The van der Waals surface area contributed by atoms with E-state index in [1.165, 1.54) is 5.56 Å². The van der Waals surface area contributed by atoms with Gasteiger partial charge in [0, 0.05) is 32.3 Å². The Bertz CT molecular complexity index is 342. The Labute approximate surface area is 110 Å². The van der Waals surface area contributed by atoms with Crippen LogP contribution in [0.2, 0.25) is 0 Å². The molecule has 0 bridgehead atoms. The number of nitrogens with zero attached hydrogens (tertiary/aromatic N) is 1. The van der Waals surface area contributed by atoms with Gasteiger partial charge in [0.25, 0.3) is 0 Å². The van der Waals surface area contributed by atoms with Crippen molar-refractivity contribution in [2.75, 3.05) is 33.3 Å². The molecule has 1 aliphatic rings. The SMILES string of the molecule is CNC(CN1CCCOC(C)C1)c1ccccc1. The van der Waals surface area contributed by atoms with Crippen molar-refractivity contribution >= 4 is 0 Å². The van der Waals surface area contributed by atoms with Crippen molar-refractivity contribution in [2.45, 2.75) is 25.5 Å². The monoisotopic (exact) mass is 248 g/mol. The van der Waals surface area contributed by atoms with Crippen LogP contribution in [-0.2, 0) is 4.74 Å². The Balaban J connectivity index is 1.97. The van der Waals surface area contributed by atoms with E-state index in [4.69, 9.17) is 4.74 Å². The normalized spacial score (nSPS) is 23.6. The summed E-state index contributed by atoms with van der Waals surface area (Å²) < 4.78 is 5.69. The average molecular weight is 248 g/mol. The van der Waals surface area contributed by atoms with Gasteiger partial charge >= 0.3 is 0 Å². The fourth-order valence-corrected chi connectivity index (χ4v) is 2.55. The first-order chi connectivity index (χ1) is 8.79. The van der Waals surface area contributed by atoms with Crippen LogP contribution in [0.3, 0.4) is 0 Å². The zero-order chi connectivity index (χ0) is 12.8. The number of rotatable bonds is 4. The van der Waals surface area contributed by atoms with Gasteiger partial charge in [-0.15, -0.1) is 0 Å². The minimum absolute atomic E-state index is 0.348. The van der Waals surface area contributed by atoms with Gasteiger partial charge in [0.1, 0.15) is 0 Å². The summed E-state index contributed by atoms with van der Waals surface area (Å²) in [5.74, 6) is 0.